The highest BCUT2D eigenvalue weighted by molar-refractivity contribution is 5.93. The Kier molecular flexibility index (Phi) is 4.50. The molecule has 1 amide bonds. The number of quaternary nitrogens is 1. The average molecular weight is 263 g/mol. The van der Waals surface area contributed by atoms with E-state index in [4.69, 9.17) is 0 Å². The largest absolute Gasteiger partial charge is 0.380 e. The van der Waals surface area contributed by atoms with Crippen molar-refractivity contribution in [1.82, 2.24) is 5.43 Å². The molecule has 0 aliphatic heterocycles. The zero-order valence-electron chi connectivity index (χ0n) is 12.1. The van der Waals surface area contributed by atoms with Gasteiger partial charge in [0, 0.05) is 5.56 Å². The lowest BCUT2D eigenvalue weighted by Crippen LogP contribution is -2.60. The first-order chi connectivity index (χ1) is 8.64. The molecule has 0 fully saturated rings. The van der Waals surface area contributed by atoms with Crippen molar-refractivity contribution in [2.24, 2.45) is 0 Å². The minimum absolute atomic E-state index is 0.164. The minimum atomic E-state index is -1.02. The fraction of sp³-hybridized carbons (Fsp3) is 0.400. The molecule has 1 atom stereocenters. The van der Waals surface area contributed by atoms with Crippen molar-refractivity contribution in [2.75, 3.05) is 20.6 Å². The lowest BCUT2D eigenvalue weighted by atomic mass is 9.98. The highest BCUT2D eigenvalue weighted by Crippen LogP contribution is 2.17. The van der Waals surface area contributed by atoms with Gasteiger partial charge in [-0.05, 0) is 31.6 Å². The second-order valence-electron chi connectivity index (χ2n) is 5.70. The SMILES string of the molecule is C=C(C)C(C)(O)C[N+](C)(C)NC(=O)c1ccccc1. The first-order valence-corrected chi connectivity index (χ1v) is 6.23. The lowest BCUT2D eigenvalue weighted by molar-refractivity contribution is -0.929. The number of benzene rings is 1. The Morgan fingerprint density at radius 1 is 1.37 bits per heavy atom. The summed E-state index contributed by atoms with van der Waals surface area (Å²) in [5.74, 6) is -0.164. The average Bonchev–Trinajstić information content (AvgIpc) is 2.27. The second-order valence-corrected chi connectivity index (χ2v) is 5.70. The molecular formula is C15H23N2O2+. The maximum atomic E-state index is 12.1. The Bertz CT molecular complexity index is 464. The monoisotopic (exact) mass is 263 g/mol. The van der Waals surface area contributed by atoms with Gasteiger partial charge in [0.05, 0.1) is 14.1 Å². The number of hydrogen-bond acceptors (Lipinski definition) is 2. The maximum Gasteiger partial charge on any atom is 0.295 e. The summed E-state index contributed by atoms with van der Waals surface area (Å²) in [5.41, 5.74) is 3.14. The molecule has 1 aromatic rings. The molecule has 19 heavy (non-hydrogen) atoms. The summed E-state index contributed by atoms with van der Waals surface area (Å²) >= 11 is 0. The van der Waals surface area contributed by atoms with E-state index in [1.165, 1.54) is 0 Å². The highest BCUT2D eigenvalue weighted by atomic mass is 16.3. The molecule has 0 saturated carbocycles. The number of rotatable bonds is 5. The molecule has 4 heteroatoms. The number of carbonyl (C=O) groups excluding carboxylic acids is 1. The Hall–Kier alpha value is -1.65. The zero-order chi connectivity index (χ0) is 14.7. The van der Waals surface area contributed by atoms with E-state index >= 15 is 0 Å². The van der Waals surface area contributed by atoms with Crippen molar-refractivity contribution in [3.8, 4) is 0 Å². The van der Waals surface area contributed by atoms with Crippen LogP contribution in [0.1, 0.15) is 24.2 Å². The standard InChI is InChI=1S/C15H22N2O2/c1-12(2)15(3,19)11-17(4,5)16-14(18)13-9-7-6-8-10-13/h6-10,19H,1,11H2,2-5H3/p+1. The van der Waals surface area contributed by atoms with Crippen LogP contribution in [0.25, 0.3) is 0 Å². The molecule has 0 heterocycles. The van der Waals surface area contributed by atoms with Crippen LogP contribution in [0, 0.1) is 0 Å². The van der Waals surface area contributed by atoms with E-state index in [-0.39, 0.29) is 10.5 Å². The van der Waals surface area contributed by atoms with Crippen LogP contribution >= 0.6 is 0 Å². The third kappa shape index (κ3) is 4.50. The molecular weight excluding hydrogens is 240 g/mol. The predicted octanol–water partition coefficient (Wildman–Crippen LogP) is 1.73. The summed E-state index contributed by atoms with van der Waals surface area (Å²) in [6.07, 6.45) is 0. The van der Waals surface area contributed by atoms with Gasteiger partial charge in [-0.25, -0.2) is 4.59 Å². The number of carbonyl (C=O) groups is 1. The van der Waals surface area contributed by atoms with Crippen LogP contribution < -0.4 is 5.43 Å². The van der Waals surface area contributed by atoms with Crippen molar-refractivity contribution in [3.05, 3.63) is 48.0 Å². The fourth-order valence-corrected chi connectivity index (χ4v) is 1.87. The minimum Gasteiger partial charge on any atom is -0.380 e. The summed E-state index contributed by atoms with van der Waals surface area (Å²) in [4.78, 5) is 12.1. The Balaban J connectivity index is 2.75. The van der Waals surface area contributed by atoms with Gasteiger partial charge in [-0.15, -0.1) is 0 Å². The highest BCUT2D eigenvalue weighted by Gasteiger charge is 2.33. The quantitative estimate of drug-likeness (QED) is 0.483. The molecule has 0 aromatic heterocycles. The Morgan fingerprint density at radius 3 is 2.37 bits per heavy atom. The van der Waals surface area contributed by atoms with Crippen molar-refractivity contribution >= 4 is 5.91 Å². The molecule has 1 rings (SSSR count). The van der Waals surface area contributed by atoms with E-state index < -0.39 is 5.60 Å². The van der Waals surface area contributed by atoms with Crippen molar-refractivity contribution < 1.29 is 14.5 Å². The molecule has 0 radical (unpaired) electrons. The zero-order valence-corrected chi connectivity index (χ0v) is 12.1. The van der Waals surface area contributed by atoms with Crippen LogP contribution in [0.3, 0.4) is 0 Å². The van der Waals surface area contributed by atoms with Gasteiger partial charge in [-0.3, -0.25) is 4.79 Å². The van der Waals surface area contributed by atoms with Crippen LogP contribution in [0.2, 0.25) is 0 Å². The van der Waals surface area contributed by atoms with Crippen molar-refractivity contribution in [1.29, 1.82) is 0 Å². The van der Waals surface area contributed by atoms with Crippen LogP contribution in [0.4, 0.5) is 0 Å². The number of aliphatic hydroxyl groups is 1. The van der Waals surface area contributed by atoms with Crippen LogP contribution in [-0.2, 0) is 0 Å². The first kappa shape index (κ1) is 15.4. The normalized spacial score (nSPS) is 14.6. The van der Waals surface area contributed by atoms with Crippen LogP contribution in [-0.4, -0.2) is 41.8 Å². The predicted molar refractivity (Wildman–Crippen MR) is 76.3 cm³/mol. The molecule has 1 unspecified atom stereocenters. The molecule has 0 aliphatic rings. The third-order valence-electron chi connectivity index (χ3n) is 3.06. The summed E-state index contributed by atoms with van der Waals surface area (Å²) < 4.78 is 0.174. The molecule has 104 valence electrons. The molecule has 0 spiro atoms. The molecule has 0 saturated heterocycles. The van der Waals surface area contributed by atoms with Crippen molar-refractivity contribution in [3.63, 3.8) is 0 Å². The number of nitrogens with zero attached hydrogens (tertiary/aromatic N) is 1. The van der Waals surface area contributed by atoms with E-state index in [0.29, 0.717) is 17.7 Å². The number of amides is 1. The van der Waals surface area contributed by atoms with E-state index in [9.17, 15) is 9.90 Å². The molecule has 2 N–H and O–H groups in total. The summed E-state index contributed by atoms with van der Waals surface area (Å²) in [6, 6.07) is 9.01. The second kappa shape index (κ2) is 5.55. The van der Waals surface area contributed by atoms with Gasteiger partial charge in [0.2, 0.25) is 0 Å². The van der Waals surface area contributed by atoms with Gasteiger partial charge in [0.1, 0.15) is 12.1 Å². The smallest absolute Gasteiger partial charge is 0.295 e. The topological polar surface area (TPSA) is 49.3 Å². The Morgan fingerprint density at radius 2 is 1.89 bits per heavy atom. The van der Waals surface area contributed by atoms with Gasteiger partial charge >= 0.3 is 0 Å². The van der Waals surface area contributed by atoms with Crippen LogP contribution in [0.15, 0.2) is 42.5 Å². The van der Waals surface area contributed by atoms with Gasteiger partial charge < -0.3 is 5.11 Å². The van der Waals surface area contributed by atoms with E-state index in [1.807, 2.05) is 32.3 Å². The number of hydrogen-bond donors (Lipinski definition) is 2. The number of nitrogens with one attached hydrogen (secondary N) is 1. The molecule has 4 nitrogen and oxygen atoms in total. The van der Waals surface area contributed by atoms with E-state index in [2.05, 4.69) is 12.0 Å². The fourth-order valence-electron chi connectivity index (χ4n) is 1.87. The van der Waals surface area contributed by atoms with Crippen LogP contribution in [0.5, 0.6) is 0 Å². The van der Waals surface area contributed by atoms with E-state index in [1.54, 1.807) is 26.0 Å². The molecule has 0 aliphatic carbocycles. The van der Waals surface area contributed by atoms with Gasteiger partial charge in [0.25, 0.3) is 5.91 Å². The maximum absolute atomic E-state index is 12.1. The van der Waals surface area contributed by atoms with Gasteiger partial charge in [-0.2, -0.15) is 5.43 Å². The summed E-state index contributed by atoms with van der Waals surface area (Å²) in [6.45, 7) is 7.60. The summed E-state index contributed by atoms with van der Waals surface area (Å²) in [5, 5.41) is 10.2. The van der Waals surface area contributed by atoms with E-state index in [0.717, 1.165) is 0 Å². The lowest BCUT2D eigenvalue weighted by Gasteiger charge is -2.35. The van der Waals surface area contributed by atoms with Gasteiger partial charge in [0.15, 0.2) is 0 Å². The first-order valence-electron chi connectivity index (χ1n) is 6.23. The molecule has 0 bridgehead atoms. The third-order valence-corrected chi connectivity index (χ3v) is 3.06. The Labute approximate surface area is 114 Å². The summed E-state index contributed by atoms with van der Waals surface area (Å²) in [7, 11) is 3.66. The molecule has 1 aromatic carbocycles. The number of likely N-dealkylation sites (N-methyl/N-ethyl adjacent to an activating group) is 1. The van der Waals surface area contributed by atoms with Gasteiger partial charge in [-0.1, -0.05) is 24.8 Å². The van der Waals surface area contributed by atoms with Crippen molar-refractivity contribution in [2.45, 2.75) is 19.4 Å².